The van der Waals surface area contributed by atoms with Crippen molar-refractivity contribution in [3.8, 4) is 17.5 Å². The molecule has 0 amide bonds. The van der Waals surface area contributed by atoms with E-state index in [9.17, 15) is 9.59 Å². The molecule has 0 aliphatic rings. The van der Waals surface area contributed by atoms with Crippen LogP contribution in [0.3, 0.4) is 0 Å². The lowest BCUT2D eigenvalue weighted by Crippen LogP contribution is -2.16. The number of nitrogens with zero attached hydrogens (tertiary/aromatic N) is 1. The second-order valence-electron chi connectivity index (χ2n) is 6.20. The van der Waals surface area contributed by atoms with E-state index in [1.807, 2.05) is 60.7 Å². The Morgan fingerprint density at radius 1 is 0.966 bits per heavy atom. The van der Waals surface area contributed by atoms with E-state index < -0.39 is 5.97 Å². The quantitative estimate of drug-likeness (QED) is 0.373. The molecule has 2 heterocycles. The fourth-order valence-corrected chi connectivity index (χ4v) is 4.19. The number of aromatic nitrogens is 1. The maximum atomic E-state index is 12.6. The maximum Gasteiger partial charge on any atom is 0.349 e. The number of hydrogen-bond acceptors (Lipinski definition) is 4. The number of carbonyl (C=O) groups is 1. The average Bonchev–Trinajstić information content (AvgIpc) is 3.12. The Hall–Kier alpha value is -3.62. The van der Waals surface area contributed by atoms with Crippen molar-refractivity contribution in [1.29, 1.82) is 0 Å². The van der Waals surface area contributed by atoms with Gasteiger partial charge in [0, 0.05) is 17.0 Å². The summed E-state index contributed by atoms with van der Waals surface area (Å²) in [6.45, 7) is 2.03. The van der Waals surface area contributed by atoms with Gasteiger partial charge in [-0.05, 0) is 37.3 Å². The van der Waals surface area contributed by atoms with E-state index in [0.29, 0.717) is 15.3 Å². The van der Waals surface area contributed by atoms with Crippen LogP contribution >= 0.6 is 11.3 Å². The van der Waals surface area contributed by atoms with Gasteiger partial charge in [0.2, 0.25) is 0 Å². The third-order valence-electron chi connectivity index (χ3n) is 4.32. The lowest BCUT2D eigenvalue weighted by atomic mass is 10.1. The summed E-state index contributed by atoms with van der Waals surface area (Å²) in [5, 5.41) is 0.755. The van der Waals surface area contributed by atoms with Crippen LogP contribution in [0, 0.1) is 11.8 Å². The summed E-state index contributed by atoms with van der Waals surface area (Å²) in [7, 11) is 0. The molecule has 0 unspecified atom stereocenters. The van der Waals surface area contributed by atoms with Crippen LogP contribution in [0.2, 0.25) is 0 Å². The number of thiophene rings is 1. The first kappa shape index (κ1) is 18.7. The van der Waals surface area contributed by atoms with E-state index in [4.69, 9.17) is 4.74 Å². The zero-order valence-electron chi connectivity index (χ0n) is 15.7. The summed E-state index contributed by atoms with van der Waals surface area (Å²) in [5.74, 6) is 5.81. The van der Waals surface area contributed by atoms with Crippen LogP contribution in [0.15, 0.2) is 77.6 Å². The van der Waals surface area contributed by atoms with Crippen molar-refractivity contribution in [1.82, 2.24) is 4.57 Å². The second kappa shape index (κ2) is 8.17. The van der Waals surface area contributed by atoms with Crippen molar-refractivity contribution >= 4 is 27.5 Å². The van der Waals surface area contributed by atoms with Gasteiger partial charge in [0.25, 0.3) is 5.56 Å². The molecule has 0 bridgehead atoms. The standard InChI is InChI=1S/C24H17NO3S/c1-2-28-24(27)22-19(14-13-17-9-5-3-6-10-17)20-15-16-21(26)25(23(20)29-22)18-11-7-4-8-12-18/h3-12,15-16H,2H2,1H3. The minimum Gasteiger partial charge on any atom is -0.462 e. The van der Waals surface area contributed by atoms with E-state index in [-0.39, 0.29) is 12.2 Å². The molecule has 0 aliphatic carbocycles. The number of rotatable bonds is 3. The molecule has 0 saturated heterocycles. The SMILES string of the molecule is CCOC(=O)c1sc2c(ccc(=O)n2-c2ccccc2)c1C#Cc1ccccc1. The minimum atomic E-state index is -0.432. The molecule has 29 heavy (non-hydrogen) atoms. The monoisotopic (exact) mass is 399 g/mol. The Morgan fingerprint density at radius 2 is 1.66 bits per heavy atom. The van der Waals surface area contributed by atoms with Crippen molar-refractivity contribution in [2.45, 2.75) is 6.92 Å². The van der Waals surface area contributed by atoms with Gasteiger partial charge in [-0.15, -0.1) is 11.3 Å². The number of benzene rings is 2. The van der Waals surface area contributed by atoms with E-state index in [2.05, 4.69) is 11.8 Å². The number of fused-ring (bicyclic) bond motifs is 1. The Morgan fingerprint density at radius 3 is 2.34 bits per heavy atom. The Kier molecular flexibility index (Phi) is 5.28. The van der Waals surface area contributed by atoms with Gasteiger partial charge in [-0.2, -0.15) is 0 Å². The maximum absolute atomic E-state index is 12.6. The molecule has 2 aromatic carbocycles. The molecular weight excluding hydrogens is 382 g/mol. The number of hydrogen-bond donors (Lipinski definition) is 0. The highest BCUT2D eigenvalue weighted by atomic mass is 32.1. The highest BCUT2D eigenvalue weighted by molar-refractivity contribution is 7.20. The van der Waals surface area contributed by atoms with E-state index in [1.54, 1.807) is 17.6 Å². The van der Waals surface area contributed by atoms with Gasteiger partial charge in [-0.3, -0.25) is 9.36 Å². The first-order valence-electron chi connectivity index (χ1n) is 9.17. The summed E-state index contributed by atoms with van der Waals surface area (Å²) in [4.78, 5) is 26.3. The summed E-state index contributed by atoms with van der Waals surface area (Å²) in [6.07, 6.45) is 0. The fraction of sp³-hybridized carbons (Fsp3) is 0.0833. The van der Waals surface area contributed by atoms with Crippen molar-refractivity contribution in [2.24, 2.45) is 0 Å². The van der Waals surface area contributed by atoms with Gasteiger partial charge in [-0.25, -0.2) is 4.79 Å². The van der Waals surface area contributed by atoms with Crippen LogP contribution in [0.4, 0.5) is 0 Å². The average molecular weight is 399 g/mol. The van der Waals surface area contributed by atoms with Crippen LogP contribution in [-0.4, -0.2) is 17.1 Å². The topological polar surface area (TPSA) is 48.3 Å². The van der Waals surface area contributed by atoms with Gasteiger partial charge in [0.1, 0.15) is 9.71 Å². The largest absolute Gasteiger partial charge is 0.462 e. The normalized spacial score (nSPS) is 10.4. The molecule has 0 radical (unpaired) electrons. The summed E-state index contributed by atoms with van der Waals surface area (Å²) < 4.78 is 6.85. The smallest absolute Gasteiger partial charge is 0.349 e. The molecule has 5 heteroatoms. The predicted octanol–water partition coefficient (Wildman–Crippen LogP) is 4.63. The van der Waals surface area contributed by atoms with Gasteiger partial charge in [0.05, 0.1) is 17.9 Å². The summed E-state index contributed by atoms with van der Waals surface area (Å²) in [6, 6.07) is 22.2. The third-order valence-corrected chi connectivity index (χ3v) is 5.49. The molecule has 4 rings (SSSR count). The number of pyridine rings is 1. The molecule has 0 atom stereocenters. The second-order valence-corrected chi connectivity index (χ2v) is 7.20. The van der Waals surface area contributed by atoms with Gasteiger partial charge < -0.3 is 4.74 Å². The fourth-order valence-electron chi connectivity index (χ4n) is 3.02. The first-order chi connectivity index (χ1) is 14.2. The number of carbonyl (C=O) groups excluding carboxylic acids is 1. The Labute approximate surface area is 172 Å². The van der Waals surface area contributed by atoms with E-state index >= 15 is 0 Å². The Balaban J connectivity index is 1.98. The zero-order valence-corrected chi connectivity index (χ0v) is 16.5. The van der Waals surface area contributed by atoms with Crippen LogP contribution in [0.5, 0.6) is 0 Å². The molecule has 4 aromatic rings. The van der Waals surface area contributed by atoms with Crippen molar-refractivity contribution in [2.75, 3.05) is 6.61 Å². The molecule has 0 aliphatic heterocycles. The minimum absolute atomic E-state index is 0.164. The Bertz CT molecular complexity index is 1290. The zero-order chi connectivity index (χ0) is 20.2. The molecule has 4 nitrogen and oxygen atoms in total. The lowest BCUT2D eigenvalue weighted by Gasteiger charge is -2.06. The number of esters is 1. The molecule has 0 N–H and O–H groups in total. The van der Waals surface area contributed by atoms with Gasteiger partial charge in [-0.1, -0.05) is 48.2 Å². The van der Waals surface area contributed by atoms with Crippen molar-refractivity contribution in [3.05, 3.63) is 99.2 Å². The van der Waals surface area contributed by atoms with Gasteiger partial charge >= 0.3 is 5.97 Å². The first-order valence-corrected chi connectivity index (χ1v) is 9.99. The lowest BCUT2D eigenvalue weighted by molar-refractivity contribution is 0.0532. The molecule has 2 aromatic heterocycles. The van der Waals surface area contributed by atoms with Crippen LogP contribution < -0.4 is 5.56 Å². The van der Waals surface area contributed by atoms with Crippen LogP contribution in [-0.2, 0) is 4.74 Å². The number of ether oxygens (including phenoxy) is 1. The highest BCUT2D eigenvalue weighted by Gasteiger charge is 2.21. The third kappa shape index (κ3) is 3.71. The van der Waals surface area contributed by atoms with E-state index in [1.165, 1.54) is 17.4 Å². The number of para-hydroxylation sites is 1. The van der Waals surface area contributed by atoms with Gasteiger partial charge in [0.15, 0.2) is 0 Å². The van der Waals surface area contributed by atoms with Crippen LogP contribution in [0.25, 0.3) is 15.9 Å². The summed E-state index contributed by atoms with van der Waals surface area (Å²) in [5.41, 5.74) is 2.00. The molecule has 0 fully saturated rings. The van der Waals surface area contributed by atoms with Crippen molar-refractivity contribution in [3.63, 3.8) is 0 Å². The predicted molar refractivity (Wildman–Crippen MR) is 116 cm³/mol. The molecular formula is C24H17NO3S. The van der Waals surface area contributed by atoms with Crippen LogP contribution in [0.1, 0.15) is 27.7 Å². The van der Waals surface area contributed by atoms with E-state index in [0.717, 1.165) is 16.6 Å². The highest BCUT2D eigenvalue weighted by Crippen LogP contribution is 2.32. The van der Waals surface area contributed by atoms with Crippen molar-refractivity contribution < 1.29 is 9.53 Å². The molecule has 0 spiro atoms. The molecule has 0 saturated carbocycles. The summed E-state index contributed by atoms with van der Waals surface area (Å²) >= 11 is 1.23. The molecule has 142 valence electrons.